The molecule has 0 saturated carbocycles. The van der Waals surface area contributed by atoms with Crippen LogP contribution < -0.4 is 0 Å². The molecule has 0 N–H and O–H groups in total. The van der Waals surface area contributed by atoms with Gasteiger partial charge in [0.25, 0.3) is 0 Å². The molecular weight excluding hydrogens is 116 g/mol. The van der Waals surface area contributed by atoms with E-state index in [4.69, 9.17) is 4.74 Å². The van der Waals surface area contributed by atoms with Crippen LogP contribution in [-0.4, -0.2) is 12.6 Å². The fourth-order valence-electron chi connectivity index (χ4n) is 0.901. The van der Waals surface area contributed by atoms with Gasteiger partial charge in [-0.25, -0.2) is 0 Å². The van der Waals surface area contributed by atoms with Gasteiger partial charge in [-0.1, -0.05) is 13.0 Å². The quantitative estimate of drug-likeness (QED) is 0.386. The summed E-state index contributed by atoms with van der Waals surface area (Å²) in [6, 6.07) is 0. The van der Waals surface area contributed by atoms with Crippen LogP contribution in [0.1, 0.15) is 6.92 Å². The van der Waals surface area contributed by atoms with E-state index < -0.39 is 0 Å². The largest absolute Gasteiger partial charge is 0.465 e. The van der Waals surface area contributed by atoms with Crippen LogP contribution >= 0.6 is 0 Å². The molecule has 9 heavy (non-hydrogen) atoms. The summed E-state index contributed by atoms with van der Waals surface area (Å²) in [5.74, 6) is 0.153. The number of cyclic esters (lactones) is 1. The number of ether oxygens (including phenoxy) is 1. The van der Waals surface area contributed by atoms with Crippen molar-refractivity contribution in [2.75, 3.05) is 6.61 Å². The Morgan fingerprint density at radius 2 is 2.56 bits per heavy atom. The van der Waals surface area contributed by atoms with E-state index in [1.807, 2.05) is 6.92 Å². The topological polar surface area (TPSA) is 26.3 Å². The number of hydrogen-bond acceptors (Lipinski definition) is 2. The van der Waals surface area contributed by atoms with Gasteiger partial charge in [0.05, 0.1) is 12.5 Å². The number of carbonyl (C=O) groups is 1. The molecular formula is C7H10O2. The minimum atomic E-state index is -0.0973. The fraction of sp³-hybridized carbons (Fsp3) is 0.571. The highest BCUT2D eigenvalue weighted by Gasteiger charge is 2.30. The first-order valence-corrected chi connectivity index (χ1v) is 3.05. The van der Waals surface area contributed by atoms with E-state index in [1.165, 1.54) is 0 Å². The Morgan fingerprint density at radius 3 is 2.78 bits per heavy atom. The highest BCUT2D eigenvalue weighted by Crippen LogP contribution is 2.21. The van der Waals surface area contributed by atoms with Crippen LogP contribution in [0.4, 0.5) is 0 Å². The van der Waals surface area contributed by atoms with Gasteiger partial charge in [-0.3, -0.25) is 4.79 Å². The average molecular weight is 126 g/mol. The Hall–Kier alpha value is -0.790. The zero-order valence-corrected chi connectivity index (χ0v) is 5.46. The van der Waals surface area contributed by atoms with E-state index in [0.29, 0.717) is 6.61 Å². The number of carbonyl (C=O) groups excluding carboxylic acids is 1. The van der Waals surface area contributed by atoms with E-state index in [1.54, 1.807) is 6.08 Å². The Balaban J connectivity index is 2.61. The normalized spacial score (nSPS) is 34.1. The molecule has 2 nitrogen and oxygen atoms in total. The van der Waals surface area contributed by atoms with Crippen molar-refractivity contribution in [1.29, 1.82) is 0 Å². The van der Waals surface area contributed by atoms with Crippen molar-refractivity contribution < 1.29 is 9.53 Å². The van der Waals surface area contributed by atoms with E-state index in [0.717, 1.165) is 0 Å². The first kappa shape index (κ1) is 6.33. The molecule has 1 heterocycles. The van der Waals surface area contributed by atoms with Crippen molar-refractivity contribution in [3.05, 3.63) is 12.7 Å². The van der Waals surface area contributed by atoms with Gasteiger partial charge in [0.15, 0.2) is 0 Å². The van der Waals surface area contributed by atoms with Gasteiger partial charge in [-0.05, 0) is 0 Å². The maximum absolute atomic E-state index is 10.7. The van der Waals surface area contributed by atoms with Crippen LogP contribution in [0, 0.1) is 11.8 Å². The van der Waals surface area contributed by atoms with Crippen molar-refractivity contribution in [2.24, 2.45) is 11.8 Å². The highest BCUT2D eigenvalue weighted by atomic mass is 16.5. The molecule has 2 atom stereocenters. The molecule has 0 bridgehead atoms. The van der Waals surface area contributed by atoms with Crippen LogP contribution in [0.5, 0.6) is 0 Å². The second-order valence-electron chi connectivity index (χ2n) is 2.32. The van der Waals surface area contributed by atoms with Crippen molar-refractivity contribution in [2.45, 2.75) is 6.92 Å². The summed E-state index contributed by atoms with van der Waals surface area (Å²) in [6.45, 7) is 5.98. The van der Waals surface area contributed by atoms with Gasteiger partial charge in [-0.15, -0.1) is 6.58 Å². The summed E-state index contributed by atoms with van der Waals surface area (Å²) in [5, 5.41) is 0. The Labute approximate surface area is 54.5 Å². The van der Waals surface area contributed by atoms with E-state index in [9.17, 15) is 4.79 Å². The standard InChI is InChI=1S/C7H10O2/c1-3-6-4-9-7(8)5(6)2/h3,5-6H,1,4H2,2H3/t5?,6-/m0/s1. The SMILES string of the molecule is C=C[C@H]1COC(=O)C1C. The molecule has 1 unspecified atom stereocenters. The molecule has 1 aliphatic heterocycles. The predicted octanol–water partition coefficient (Wildman–Crippen LogP) is 0.982. The van der Waals surface area contributed by atoms with Crippen LogP contribution in [0.2, 0.25) is 0 Å². The van der Waals surface area contributed by atoms with Crippen LogP contribution in [0.3, 0.4) is 0 Å². The number of rotatable bonds is 1. The highest BCUT2D eigenvalue weighted by molar-refractivity contribution is 5.74. The molecule has 0 spiro atoms. The van der Waals surface area contributed by atoms with Crippen LogP contribution in [0.15, 0.2) is 12.7 Å². The molecule has 50 valence electrons. The Morgan fingerprint density at radius 1 is 1.89 bits per heavy atom. The summed E-state index contributed by atoms with van der Waals surface area (Å²) in [7, 11) is 0. The lowest BCUT2D eigenvalue weighted by molar-refractivity contribution is -0.140. The summed E-state index contributed by atoms with van der Waals surface area (Å²) in [5.41, 5.74) is 0. The number of hydrogen-bond donors (Lipinski definition) is 0. The minimum Gasteiger partial charge on any atom is -0.465 e. The molecule has 1 aliphatic rings. The van der Waals surface area contributed by atoms with E-state index >= 15 is 0 Å². The molecule has 1 fully saturated rings. The zero-order valence-electron chi connectivity index (χ0n) is 5.46. The number of esters is 1. The molecule has 2 heteroatoms. The van der Waals surface area contributed by atoms with Crippen molar-refractivity contribution in [3.8, 4) is 0 Å². The summed E-state index contributed by atoms with van der Waals surface area (Å²) >= 11 is 0. The van der Waals surface area contributed by atoms with Gasteiger partial charge in [-0.2, -0.15) is 0 Å². The lowest BCUT2D eigenvalue weighted by Gasteiger charge is -2.00. The Kier molecular flexibility index (Phi) is 1.56. The van der Waals surface area contributed by atoms with E-state index in [2.05, 4.69) is 6.58 Å². The maximum Gasteiger partial charge on any atom is 0.309 e. The first-order chi connectivity index (χ1) is 4.25. The predicted molar refractivity (Wildman–Crippen MR) is 33.8 cm³/mol. The molecule has 0 aromatic heterocycles. The van der Waals surface area contributed by atoms with Crippen LogP contribution in [-0.2, 0) is 9.53 Å². The zero-order chi connectivity index (χ0) is 6.85. The molecule has 0 aliphatic carbocycles. The first-order valence-electron chi connectivity index (χ1n) is 3.05. The minimum absolute atomic E-state index is 0.0162. The van der Waals surface area contributed by atoms with Crippen molar-refractivity contribution in [3.63, 3.8) is 0 Å². The third kappa shape index (κ3) is 0.969. The molecule has 1 rings (SSSR count). The van der Waals surface area contributed by atoms with Gasteiger partial charge >= 0.3 is 5.97 Å². The molecule has 0 aromatic carbocycles. The Bertz CT molecular complexity index is 140. The second-order valence-corrected chi connectivity index (χ2v) is 2.32. The van der Waals surface area contributed by atoms with Gasteiger partial charge < -0.3 is 4.74 Å². The second kappa shape index (κ2) is 2.21. The average Bonchev–Trinajstić information content (AvgIpc) is 2.15. The molecule has 0 amide bonds. The molecule has 0 radical (unpaired) electrons. The summed E-state index contributed by atoms with van der Waals surface area (Å²) < 4.78 is 4.76. The molecule has 1 saturated heterocycles. The van der Waals surface area contributed by atoms with Crippen molar-refractivity contribution in [1.82, 2.24) is 0 Å². The van der Waals surface area contributed by atoms with Gasteiger partial charge in [0.2, 0.25) is 0 Å². The third-order valence-corrected chi connectivity index (χ3v) is 1.73. The van der Waals surface area contributed by atoms with Gasteiger partial charge in [0.1, 0.15) is 0 Å². The smallest absolute Gasteiger partial charge is 0.309 e. The van der Waals surface area contributed by atoms with E-state index in [-0.39, 0.29) is 17.8 Å². The van der Waals surface area contributed by atoms with Crippen molar-refractivity contribution >= 4 is 5.97 Å². The van der Waals surface area contributed by atoms with Crippen LogP contribution in [0.25, 0.3) is 0 Å². The maximum atomic E-state index is 10.7. The lowest BCUT2D eigenvalue weighted by atomic mass is 9.98. The third-order valence-electron chi connectivity index (χ3n) is 1.73. The summed E-state index contributed by atoms with van der Waals surface area (Å²) in [4.78, 5) is 10.7. The van der Waals surface area contributed by atoms with Gasteiger partial charge in [0, 0.05) is 5.92 Å². The lowest BCUT2D eigenvalue weighted by Crippen LogP contribution is -2.08. The molecule has 0 aromatic rings. The monoisotopic (exact) mass is 126 g/mol. The fourth-order valence-corrected chi connectivity index (χ4v) is 0.901. The summed E-state index contributed by atoms with van der Waals surface area (Å²) in [6.07, 6.45) is 1.77.